The highest BCUT2D eigenvalue weighted by Crippen LogP contribution is 2.36. The fraction of sp³-hybridized carbons (Fsp3) is 0.176. The van der Waals surface area contributed by atoms with Crippen LogP contribution in [0.4, 0.5) is 17.1 Å². The van der Waals surface area contributed by atoms with E-state index in [1.54, 1.807) is 30.8 Å². The number of nitro groups is 1. The highest BCUT2D eigenvalue weighted by atomic mass is 32.2. The van der Waals surface area contributed by atoms with Crippen LogP contribution in [0.5, 0.6) is 0 Å². The Labute approximate surface area is 153 Å². The number of nitrogens with zero attached hydrogens (tertiary/aromatic N) is 2. The van der Waals surface area contributed by atoms with Crippen LogP contribution in [-0.4, -0.2) is 20.5 Å². The van der Waals surface area contributed by atoms with E-state index in [0.29, 0.717) is 5.69 Å². The Morgan fingerprint density at radius 2 is 2.12 bits per heavy atom. The molecule has 0 saturated heterocycles. The fourth-order valence-electron chi connectivity index (χ4n) is 2.22. The van der Waals surface area contributed by atoms with Crippen LogP contribution in [0.15, 0.2) is 53.5 Å². The maximum absolute atomic E-state index is 12.3. The lowest BCUT2D eigenvalue weighted by molar-refractivity contribution is -0.384. The molecular formula is C17H15N3O3S2. The van der Waals surface area contributed by atoms with Crippen LogP contribution in [0.25, 0.3) is 0 Å². The van der Waals surface area contributed by atoms with Gasteiger partial charge in [-0.2, -0.15) is 0 Å². The van der Waals surface area contributed by atoms with E-state index >= 15 is 0 Å². The summed E-state index contributed by atoms with van der Waals surface area (Å²) in [5.74, 6) is 0.619. The Bertz CT molecular complexity index is 855. The van der Waals surface area contributed by atoms with E-state index in [0.717, 1.165) is 15.8 Å². The lowest BCUT2D eigenvalue weighted by Gasteiger charge is -2.17. The number of rotatable bonds is 4. The van der Waals surface area contributed by atoms with Gasteiger partial charge in [-0.05, 0) is 24.6 Å². The first-order chi connectivity index (χ1) is 12.0. The zero-order valence-corrected chi connectivity index (χ0v) is 15.0. The summed E-state index contributed by atoms with van der Waals surface area (Å²) in [4.78, 5) is 27.3. The van der Waals surface area contributed by atoms with Crippen LogP contribution < -0.4 is 5.32 Å². The van der Waals surface area contributed by atoms with Crippen LogP contribution in [0.2, 0.25) is 0 Å². The number of benzene rings is 2. The predicted octanol–water partition coefficient (Wildman–Crippen LogP) is 4.59. The summed E-state index contributed by atoms with van der Waals surface area (Å²) in [5.41, 5.74) is 2.48. The van der Waals surface area contributed by atoms with Crippen molar-refractivity contribution in [1.29, 1.82) is 0 Å². The molecule has 3 rings (SSSR count). The van der Waals surface area contributed by atoms with Crippen molar-refractivity contribution >= 4 is 50.9 Å². The SMILES string of the molecule is C[C@H](SC1=Nc2ccccc2CS1)C(=O)Nc1cccc([N+](=O)[O-])c1. The standard InChI is InChI=1S/C17H15N3O3S2/c1-11(16(21)18-13-6-4-7-14(9-13)20(22)23)25-17-19-15-8-3-2-5-12(15)10-24-17/h2-9,11H,10H2,1H3,(H,18,21)/t11-/m0/s1. The first-order valence-corrected chi connectivity index (χ1v) is 9.41. The summed E-state index contributed by atoms with van der Waals surface area (Å²) in [6.07, 6.45) is 0. The fourth-order valence-corrected chi connectivity index (χ4v) is 4.41. The number of amides is 1. The highest BCUT2D eigenvalue weighted by molar-refractivity contribution is 8.39. The third-order valence-electron chi connectivity index (χ3n) is 3.53. The van der Waals surface area contributed by atoms with E-state index in [9.17, 15) is 14.9 Å². The monoisotopic (exact) mass is 373 g/mol. The van der Waals surface area contributed by atoms with Crippen LogP contribution in [0, 0.1) is 10.1 Å². The predicted molar refractivity (Wildman–Crippen MR) is 104 cm³/mol. The first kappa shape index (κ1) is 17.5. The molecule has 25 heavy (non-hydrogen) atoms. The second kappa shape index (κ2) is 7.71. The average molecular weight is 373 g/mol. The van der Waals surface area contributed by atoms with Gasteiger partial charge in [0.25, 0.3) is 5.69 Å². The Morgan fingerprint density at radius 1 is 1.32 bits per heavy atom. The van der Waals surface area contributed by atoms with Gasteiger partial charge in [0.15, 0.2) is 0 Å². The van der Waals surface area contributed by atoms with Crippen LogP contribution in [0.3, 0.4) is 0 Å². The van der Waals surface area contributed by atoms with Crippen molar-refractivity contribution in [2.75, 3.05) is 5.32 Å². The first-order valence-electron chi connectivity index (χ1n) is 7.54. The molecule has 6 nitrogen and oxygen atoms in total. The molecular weight excluding hydrogens is 358 g/mol. The maximum atomic E-state index is 12.3. The van der Waals surface area contributed by atoms with Gasteiger partial charge >= 0.3 is 0 Å². The molecule has 0 fully saturated rings. The number of thioether (sulfide) groups is 2. The Kier molecular flexibility index (Phi) is 5.40. The molecule has 0 bridgehead atoms. The quantitative estimate of drug-likeness (QED) is 0.626. The number of aliphatic imine (C=N–C) groups is 1. The van der Waals surface area contributed by atoms with Crippen LogP contribution in [0.1, 0.15) is 12.5 Å². The third-order valence-corrected chi connectivity index (χ3v) is 5.82. The summed E-state index contributed by atoms with van der Waals surface area (Å²) in [6.45, 7) is 1.79. The number of nitrogens with one attached hydrogen (secondary N) is 1. The van der Waals surface area contributed by atoms with E-state index in [4.69, 9.17) is 0 Å². The number of carbonyl (C=O) groups excluding carboxylic acids is 1. The number of non-ortho nitro benzene ring substituents is 1. The molecule has 2 aromatic rings. The second-order valence-corrected chi connectivity index (χ2v) is 7.90. The average Bonchev–Trinajstić information content (AvgIpc) is 2.61. The number of anilines is 1. The normalized spacial score (nSPS) is 14.2. The number of fused-ring (bicyclic) bond motifs is 1. The molecule has 0 radical (unpaired) electrons. The molecule has 1 aliphatic rings. The third kappa shape index (κ3) is 4.40. The van der Waals surface area contributed by atoms with Gasteiger partial charge in [0, 0.05) is 23.6 Å². The number of carbonyl (C=O) groups is 1. The number of hydrogen-bond acceptors (Lipinski definition) is 6. The Balaban J connectivity index is 1.65. The van der Waals surface area contributed by atoms with Gasteiger partial charge in [-0.15, -0.1) is 0 Å². The smallest absolute Gasteiger partial charge is 0.271 e. The van der Waals surface area contributed by atoms with E-state index in [2.05, 4.69) is 10.3 Å². The van der Waals surface area contributed by atoms with Crippen molar-refractivity contribution in [3.05, 3.63) is 64.2 Å². The minimum Gasteiger partial charge on any atom is -0.325 e. The lowest BCUT2D eigenvalue weighted by Crippen LogP contribution is -2.23. The molecule has 8 heteroatoms. The lowest BCUT2D eigenvalue weighted by atomic mass is 10.2. The van der Waals surface area contributed by atoms with Gasteiger partial charge in [0.2, 0.25) is 5.91 Å². The molecule has 128 valence electrons. The number of para-hydroxylation sites is 1. The molecule has 0 saturated carbocycles. The van der Waals surface area contributed by atoms with E-state index in [1.807, 2.05) is 24.3 Å². The molecule has 1 amide bonds. The second-order valence-electron chi connectivity index (χ2n) is 5.35. The topological polar surface area (TPSA) is 84.6 Å². The maximum Gasteiger partial charge on any atom is 0.271 e. The summed E-state index contributed by atoms with van der Waals surface area (Å²) >= 11 is 3.00. The van der Waals surface area contributed by atoms with E-state index in [-0.39, 0.29) is 16.8 Å². The van der Waals surface area contributed by atoms with Crippen molar-refractivity contribution in [3.8, 4) is 0 Å². The van der Waals surface area contributed by atoms with Crippen molar-refractivity contribution in [2.45, 2.75) is 17.9 Å². The van der Waals surface area contributed by atoms with Gasteiger partial charge in [0.1, 0.15) is 4.38 Å². The summed E-state index contributed by atoms with van der Waals surface area (Å²) in [5, 5.41) is 13.2. The molecule has 2 aromatic carbocycles. The minimum atomic E-state index is -0.487. The van der Waals surface area contributed by atoms with Crippen molar-refractivity contribution in [3.63, 3.8) is 0 Å². The Morgan fingerprint density at radius 3 is 2.92 bits per heavy atom. The van der Waals surface area contributed by atoms with E-state index in [1.165, 1.54) is 29.5 Å². The Hall–Kier alpha value is -2.32. The molecule has 0 aromatic heterocycles. The molecule has 1 heterocycles. The summed E-state index contributed by atoms with van der Waals surface area (Å²) < 4.78 is 0.848. The van der Waals surface area contributed by atoms with Crippen molar-refractivity contribution in [2.24, 2.45) is 4.99 Å². The molecule has 0 spiro atoms. The van der Waals surface area contributed by atoms with Crippen LogP contribution >= 0.6 is 23.5 Å². The number of hydrogen-bond donors (Lipinski definition) is 1. The highest BCUT2D eigenvalue weighted by Gasteiger charge is 2.20. The van der Waals surface area contributed by atoms with Crippen molar-refractivity contribution in [1.82, 2.24) is 0 Å². The van der Waals surface area contributed by atoms with E-state index < -0.39 is 4.92 Å². The minimum absolute atomic E-state index is 0.0538. The zero-order valence-electron chi connectivity index (χ0n) is 13.3. The molecule has 0 aliphatic carbocycles. The van der Waals surface area contributed by atoms with Crippen LogP contribution in [-0.2, 0) is 10.5 Å². The van der Waals surface area contributed by atoms with Gasteiger partial charge in [-0.25, -0.2) is 4.99 Å². The van der Waals surface area contributed by atoms with Gasteiger partial charge in [0.05, 0.1) is 15.9 Å². The molecule has 1 N–H and O–H groups in total. The van der Waals surface area contributed by atoms with Gasteiger partial charge in [-0.1, -0.05) is 47.8 Å². The number of nitro benzene ring substituents is 1. The van der Waals surface area contributed by atoms with Gasteiger partial charge < -0.3 is 5.32 Å². The zero-order chi connectivity index (χ0) is 17.8. The summed E-state index contributed by atoms with van der Waals surface area (Å²) in [7, 11) is 0. The molecule has 0 unspecified atom stereocenters. The molecule has 1 atom stereocenters. The summed E-state index contributed by atoms with van der Waals surface area (Å²) in [6, 6.07) is 13.8. The van der Waals surface area contributed by atoms with Gasteiger partial charge in [-0.3, -0.25) is 14.9 Å². The molecule has 1 aliphatic heterocycles. The van der Waals surface area contributed by atoms with Crippen molar-refractivity contribution < 1.29 is 9.72 Å². The largest absolute Gasteiger partial charge is 0.325 e.